The van der Waals surface area contributed by atoms with Crippen molar-refractivity contribution in [2.24, 2.45) is 0 Å². The summed E-state index contributed by atoms with van der Waals surface area (Å²) in [5.74, 6) is 0. The van der Waals surface area contributed by atoms with E-state index in [1.807, 2.05) is 0 Å². The molecule has 0 aromatic heterocycles. The third kappa shape index (κ3) is 4.56. The van der Waals surface area contributed by atoms with Gasteiger partial charge in [-0.3, -0.25) is 0 Å². The molecule has 3 aromatic carbocycles. The maximum absolute atomic E-state index is 2.57. The fourth-order valence-electron chi connectivity index (χ4n) is 3.79. The first-order valence-corrected chi connectivity index (χ1v) is 12.3. The Morgan fingerprint density at radius 3 is 0.958 bits per heavy atom. The van der Waals surface area contributed by atoms with Crippen LogP contribution in [0.25, 0.3) is 0 Å². The monoisotopic (exact) mass is 334 g/mol. The summed E-state index contributed by atoms with van der Waals surface area (Å²) in [5.41, 5.74) is 4.39. The summed E-state index contributed by atoms with van der Waals surface area (Å²) >= 11 is 0. The molecule has 0 unspecified atom stereocenters. The van der Waals surface area contributed by atoms with E-state index in [-0.39, 0.29) is 0 Å². The molecule has 3 rings (SSSR count). The van der Waals surface area contributed by atoms with Gasteiger partial charge in [0.1, 0.15) is 0 Å². The topological polar surface area (TPSA) is 0 Å². The van der Waals surface area contributed by atoms with Crippen LogP contribution in [0.1, 0.15) is 16.7 Å². The second kappa shape index (κ2) is 6.91. The zero-order chi connectivity index (χ0) is 16.9. The third-order valence-electron chi connectivity index (χ3n) is 4.70. The van der Waals surface area contributed by atoms with Crippen LogP contribution in [0.15, 0.2) is 91.0 Å². The van der Waals surface area contributed by atoms with E-state index in [1.165, 1.54) is 35.2 Å². The van der Waals surface area contributed by atoms with Crippen LogP contribution in [0, 0.1) is 0 Å². The summed E-state index contributed by atoms with van der Waals surface area (Å²) in [6.07, 6.45) is 3.57. The van der Waals surface area contributed by atoms with Gasteiger partial charge in [0.2, 0.25) is 0 Å². The number of hydrogen-bond acceptors (Lipinski definition) is 0. The van der Waals surface area contributed by atoms with Gasteiger partial charge in [-0.1, -0.05) is 0 Å². The van der Waals surface area contributed by atoms with Gasteiger partial charge in [-0.2, -0.15) is 0 Å². The second-order valence-electron chi connectivity index (χ2n) is 7.95. The Hall–Kier alpha value is -1.91. The van der Waals surface area contributed by atoms with Crippen molar-refractivity contribution >= 4 is 6.60 Å². The van der Waals surface area contributed by atoms with Crippen LogP contribution in [-0.4, -0.2) is 13.3 Å². The molecular formula is C23H27P. The zero-order valence-corrected chi connectivity index (χ0v) is 15.6. The average molecular weight is 334 g/mol. The van der Waals surface area contributed by atoms with Crippen LogP contribution >= 0.6 is 6.60 Å². The normalized spacial score (nSPS) is 13.2. The molecule has 0 saturated heterocycles. The second-order valence-corrected chi connectivity index (χ2v) is 14.9. The molecule has 0 spiro atoms. The van der Waals surface area contributed by atoms with Gasteiger partial charge in [0.05, 0.1) is 0 Å². The fraction of sp³-hybridized carbons (Fsp3) is 0.217. The zero-order valence-electron chi connectivity index (χ0n) is 14.7. The molecule has 0 nitrogen and oxygen atoms in total. The Morgan fingerprint density at radius 2 is 0.708 bits per heavy atom. The van der Waals surface area contributed by atoms with Crippen LogP contribution in [0.3, 0.4) is 0 Å². The van der Waals surface area contributed by atoms with Crippen LogP contribution in [0.4, 0.5) is 0 Å². The van der Waals surface area contributed by atoms with E-state index in [9.17, 15) is 0 Å². The number of hydrogen-bond donors (Lipinski definition) is 0. The van der Waals surface area contributed by atoms with Crippen molar-refractivity contribution in [3.05, 3.63) is 108 Å². The molecule has 0 fully saturated rings. The Kier molecular flexibility index (Phi) is 4.88. The van der Waals surface area contributed by atoms with Gasteiger partial charge < -0.3 is 0 Å². The first kappa shape index (κ1) is 16.9. The van der Waals surface area contributed by atoms with E-state index < -0.39 is 6.60 Å². The Bertz CT molecular complexity index is 653. The third-order valence-corrected chi connectivity index (χ3v) is 9.03. The summed E-state index contributed by atoms with van der Waals surface area (Å²) in [4.78, 5) is 0. The van der Waals surface area contributed by atoms with Crippen molar-refractivity contribution in [3.63, 3.8) is 0 Å². The molecular weight excluding hydrogens is 307 g/mol. The van der Waals surface area contributed by atoms with Crippen molar-refractivity contribution in [2.45, 2.75) is 18.5 Å². The van der Waals surface area contributed by atoms with Gasteiger partial charge in [-0.05, 0) is 0 Å². The molecule has 0 atom stereocenters. The van der Waals surface area contributed by atoms with Crippen molar-refractivity contribution in [3.8, 4) is 0 Å². The summed E-state index contributed by atoms with van der Waals surface area (Å²) in [6, 6.07) is 33.0. The minimum atomic E-state index is -1.96. The molecule has 0 bridgehead atoms. The van der Waals surface area contributed by atoms with Crippen molar-refractivity contribution in [1.29, 1.82) is 0 Å². The molecule has 0 heterocycles. The molecule has 0 aliphatic rings. The molecule has 0 saturated carbocycles. The predicted molar refractivity (Wildman–Crippen MR) is 109 cm³/mol. The SMILES string of the molecule is CP(C)(Cc1ccccc1)(Cc1ccccc1)Cc1ccccc1. The van der Waals surface area contributed by atoms with E-state index in [1.54, 1.807) is 0 Å². The quantitative estimate of drug-likeness (QED) is 0.458. The maximum atomic E-state index is 2.57. The van der Waals surface area contributed by atoms with Gasteiger partial charge in [-0.15, -0.1) is 0 Å². The van der Waals surface area contributed by atoms with E-state index in [0.29, 0.717) is 0 Å². The van der Waals surface area contributed by atoms with Crippen LogP contribution in [0.2, 0.25) is 0 Å². The van der Waals surface area contributed by atoms with E-state index in [2.05, 4.69) is 104 Å². The molecule has 3 aromatic rings. The van der Waals surface area contributed by atoms with Gasteiger partial charge in [0, 0.05) is 0 Å². The van der Waals surface area contributed by atoms with Gasteiger partial charge in [0.15, 0.2) is 0 Å². The molecule has 124 valence electrons. The molecule has 0 amide bonds. The van der Waals surface area contributed by atoms with Gasteiger partial charge in [0.25, 0.3) is 0 Å². The Morgan fingerprint density at radius 1 is 0.458 bits per heavy atom. The summed E-state index contributed by atoms with van der Waals surface area (Å²) < 4.78 is 0. The molecule has 0 aliphatic carbocycles. The fourth-order valence-corrected chi connectivity index (χ4v) is 8.50. The van der Waals surface area contributed by atoms with Crippen molar-refractivity contribution in [2.75, 3.05) is 13.3 Å². The molecule has 1 heteroatoms. The molecule has 0 aliphatic heterocycles. The molecule has 24 heavy (non-hydrogen) atoms. The minimum absolute atomic E-state index is 1.19. The average Bonchev–Trinajstić information content (AvgIpc) is 2.56. The van der Waals surface area contributed by atoms with Crippen molar-refractivity contribution in [1.82, 2.24) is 0 Å². The van der Waals surface area contributed by atoms with E-state index in [0.717, 1.165) is 0 Å². The Labute approximate surface area is 146 Å². The van der Waals surface area contributed by atoms with E-state index >= 15 is 0 Å². The summed E-state index contributed by atoms with van der Waals surface area (Å²) in [6.45, 7) is 3.17. The molecule has 0 N–H and O–H groups in total. The van der Waals surface area contributed by atoms with Crippen LogP contribution < -0.4 is 0 Å². The van der Waals surface area contributed by atoms with Crippen molar-refractivity contribution < 1.29 is 0 Å². The Balaban J connectivity index is 1.95. The van der Waals surface area contributed by atoms with E-state index in [4.69, 9.17) is 0 Å². The van der Waals surface area contributed by atoms with Crippen LogP contribution in [0.5, 0.6) is 0 Å². The van der Waals surface area contributed by atoms with Gasteiger partial charge >= 0.3 is 146 Å². The van der Waals surface area contributed by atoms with Gasteiger partial charge in [-0.25, -0.2) is 0 Å². The number of benzene rings is 3. The first-order chi connectivity index (χ1) is 11.5. The van der Waals surface area contributed by atoms with Crippen LogP contribution in [-0.2, 0) is 18.5 Å². The standard InChI is InChI=1S/C23H27P/c1-24(2,18-21-12-6-3-7-13-21,19-22-14-8-4-9-15-22)20-23-16-10-5-11-17-23/h3-17H,18-20H2,1-2H3. The summed E-state index contributed by atoms with van der Waals surface area (Å²) in [5, 5.41) is 0. The predicted octanol–water partition coefficient (Wildman–Crippen LogP) is 6.40. The first-order valence-electron chi connectivity index (χ1n) is 8.64. The number of rotatable bonds is 6. The summed E-state index contributed by atoms with van der Waals surface area (Å²) in [7, 11) is 0. The molecule has 0 radical (unpaired) electrons.